The number of nitrogens with zero attached hydrogens (tertiary/aromatic N) is 1. The number of nitrogen functional groups attached to an aromatic ring is 1. The van der Waals surface area contributed by atoms with Crippen LogP contribution in [-0.2, 0) is 6.54 Å². The molecule has 2 aromatic rings. The summed E-state index contributed by atoms with van der Waals surface area (Å²) in [6, 6.07) is 9.68. The van der Waals surface area contributed by atoms with Crippen molar-refractivity contribution in [2.75, 3.05) is 17.7 Å². The van der Waals surface area contributed by atoms with E-state index >= 15 is 0 Å². The van der Waals surface area contributed by atoms with Crippen LogP contribution < -0.4 is 10.6 Å². The number of thiophene rings is 1. The first kappa shape index (κ1) is 14.4. The number of benzene rings is 1. The van der Waals surface area contributed by atoms with E-state index in [0.29, 0.717) is 10.6 Å². The monoisotopic (exact) mass is 320 g/mol. The second-order valence-electron chi connectivity index (χ2n) is 5.49. The van der Waals surface area contributed by atoms with Crippen molar-refractivity contribution in [1.82, 2.24) is 0 Å². The van der Waals surface area contributed by atoms with Gasteiger partial charge in [0, 0.05) is 24.5 Å². The summed E-state index contributed by atoms with van der Waals surface area (Å²) in [6.07, 6.45) is 2.01. The van der Waals surface area contributed by atoms with Crippen LogP contribution in [0, 0.1) is 5.92 Å². The first-order valence-corrected chi connectivity index (χ1v) is 8.13. The molecule has 0 saturated heterocycles. The normalized spacial score (nSPS) is 14.2. The van der Waals surface area contributed by atoms with Gasteiger partial charge in [-0.25, -0.2) is 0 Å². The summed E-state index contributed by atoms with van der Waals surface area (Å²) in [5.41, 5.74) is 7.74. The number of rotatable bonds is 5. The standard InChI is InChI=1S/C16H17ClN2OS/c1-19(9-10-3-2-4-12(17)7-10)14-8-13(18)16(21-14)15(20)11-5-6-11/h2-4,7-8,11H,5-6,9,18H2,1H3. The number of halogens is 1. The molecule has 0 bridgehead atoms. The number of carbonyl (C=O) groups excluding carboxylic acids is 1. The van der Waals surface area contributed by atoms with Gasteiger partial charge in [-0.2, -0.15) is 0 Å². The minimum Gasteiger partial charge on any atom is -0.397 e. The summed E-state index contributed by atoms with van der Waals surface area (Å²) >= 11 is 7.49. The highest BCUT2D eigenvalue weighted by Gasteiger charge is 2.32. The molecule has 3 nitrogen and oxygen atoms in total. The highest BCUT2D eigenvalue weighted by molar-refractivity contribution is 7.18. The molecule has 0 aliphatic heterocycles. The second kappa shape index (κ2) is 5.70. The van der Waals surface area contributed by atoms with Gasteiger partial charge in [-0.1, -0.05) is 23.7 Å². The molecule has 0 spiro atoms. The van der Waals surface area contributed by atoms with E-state index in [9.17, 15) is 4.79 Å². The summed E-state index contributed by atoms with van der Waals surface area (Å²) in [7, 11) is 2.00. The van der Waals surface area contributed by atoms with Crippen LogP contribution in [-0.4, -0.2) is 12.8 Å². The van der Waals surface area contributed by atoms with E-state index in [0.717, 1.165) is 35.0 Å². The zero-order chi connectivity index (χ0) is 15.0. The van der Waals surface area contributed by atoms with E-state index in [1.54, 1.807) is 0 Å². The first-order chi connectivity index (χ1) is 10.0. The average molecular weight is 321 g/mol. The number of hydrogen-bond donors (Lipinski definition) is 1. The molecule has 2 N–H and O–H groups in total. The molecule has 1 aliphatic rings. The fourth-order valence-corrected chi connectivity index (χ4v) is 3.56. The summed E-state index contributed by atoms with van der Waals surface area (Å²) in [5.74, 6) is 0.414. The van der Waals surface area contributed by atoms with Crippen molar-refractivity contribution in [3.05, 3.63) is 45.8 Å². The van der Waals surface area contributed by atoms with Crippen molar-refractivity contribution in [2.45, 2.75) is 19.4 Å². The van der Waals surface area contributed by atoms with Crippen molar-refractivity contribution >= 4 is 39.4 Å². The molecule has 1 aliphatic carbocycles. The maximum absolute atomic E-state index is 12.2. The van der Waals surface area contributed by atoms with Crippen LogP contribution >= 0.6 is 22.9 Å². The first-order valence-electron chi connectivity index (χ1n) is 6.93. The quantitative estimate of drug-likeness (QED) is 0.839. The third kappa shape index (κ3) is 3.22. The molecule has 0 unspecified atom stereocenters. The van der Waals surface area contributed by atoms with Crippen molar-refractivity contribution in [3.63, 3.8) is 0 Å². The molecule has 1 saturated carbocycles. The highest BCUT2D eigenvalue weighted by Crippen LogP contribution is 2.39. The van der Waals surface area contributed by atoms with Gasteiger partial charge in [-0.15, -0.1) is 11.3 Å². The number of ketones is 1. The fourth-order valence-electron chi connectivity index (χ4n) is 2.29. The molecule has 1 aromatic heterocycles. The Kier molecular flexibility index (Phi) is 3.91. The highest BCUT2D eigenvalue weighted by atomic mass is 35.5. The van der Waals surface area contributed by atoms with Gasteiger partial charge in [0.05, 0.1) is 15.6 Å². The molecule has 110 valence electrons. The van der Waals surface area contributed by atoms with Gasteiger partial charge in [0.1, 0.15) is 0 Å². The Hall–Kier alpha value is -1.52. The van der Waals surface area contributed by atoms with Gasteiger partial charge in [0.15, 0.2) is 5.78 Å². The lowest BCUT2D eigenvalue weighted by molar-refractivity contribution is 0.0972. The Balaban J connectivity index is 1.77. The minimum atomic E-state index is 0.206. The summed E-state index contributed by atoms with van der Waals surface area (Å²) in [5, 5.41) is 1.74. The molecule has 0 radical (unpaired) electrons. The average Bonchev–Trinajstić information content (AvgIpc) is 3.21. The van der Waals surface area contributed by atoms with E-state index in [1.807, 2.05) is 37.4 Å². The molecule has 5 heteroatoms. The van der Waals surface area contributed by atoms with Gasteiger partial charge in [-0.05, 0) is 36.6 Å². The third-order valence-corrected chi connectivity index (χ3v) is 5.12. The molecule has 1 heterocycles. The fraction of sp³-hybridized carbons (Fsp3) is 0.312. The Labute approximate surface area is 133 Å². The van der Waals surface area contributed by atoms with Gasteiger partial charge >= 0.3 is 0 Å². The predicted octanol–water partition coefficient (Wildman–Crippen LogP) is 4.21. The van der Waals surface area contributed by atoms with Gasteiger partial charge < -0.3 is 10.6 Å². The van der Waals surface area contributed by atoms with E-state index < -0.39 is 0 Å². The van der Waals surface area contributed by atoms with Crippen LogP contribution in [0.3, 0.4) is 0 Å². The SMILES string of the molecule is CN(Cc1cccc(Cl)c1)c1cc(N)c(C(=O)C2CC2)s1. The maximum atomic E-state index is 12.2. The minimum absolute atomic E-state index is 0.206. The van der Waals surface area contributed by atoms with Gasteiger partial charge in [0.2, 0.25) is 0 Å². The Morgan fingerprint density at radius 2 is 2.19 bits per heavy atom. The Bertz CT molecular complexity index is 679. The largest absolute Gasteiger partial charge is 0.397 e. The van der Waals surface area contributed by atoms with Crippen molar-refractivity contribution in [1.29, 1.82) is 0 Å². The van der Waals surface area contributed by atoms with Crippen LogP contribution in [0.2, 0.25) is 5.02 Å². The number of anilines is 2. The molecule has 1 aromatic carbocycles. The van der Waals surface area contributed by atoms with Crippen molar-refractivity contribution in [3.8, 4) is 0 Å². The summed E-state index contributed by atoms with van der Waals surface area (Å²) in [4.78, 5) is 15.0. The molecule has 0 amide bonds. The van der Waals surface area contributed by atoms with Crippen LogP contribution in [0.25, 0.3) is 0 Å². The zero-order valence-electron chi connectivity index (χ0n) is 11.8. The van der Waals surface area contributed by atoms with Gasteiger partial charge in [0.25, 0.3) is 0 Å². The van der Waals surface area contributed by atoms with Crippen molar-refractivity contribution in [2.24, 2.45) is 5.92 Å². The van der Waals surface area contributed by atoms with Crippen LogP contribution in [0.4, 0.5) is 10.7 Å². The number of carbonyl (C=O) groups is 1. The maximum Gasteiger partial charge on any atom is 0.178 e. The second-order valence-corrected chi connectivity index (χ2v) is 6.96. The lowest BCUT2D eigenvalue weighted by Crippen LogP contribution is -2.14. The summed E-state index contributed by atoms with van der Waals surface area (Å²) < 4.78 is 0. The molecular formula is C16H17ClN2OS. The van der Waals surface area contributed by atoms with Crippen LogP contribution in [0.1, 0.15) is 28.1 Å². The van der Waals surface area contributed by atoms with E-state index in [-0.39, 0.29) is 11.7 Å². The molecule has 1 fully saturated rings. The van der Waals surface area contributed by atoms with Crippen molar-refractivity contribution < 1.29 is 4.79 Å². The Morgan fingerprint density at radius 3 is 2.86 bits per heavy atom. The van der Waals surface area contributed by atoms with Gasteiger partial charge in [-0.3, -0.25) is 4.79 Å². The summed E-state index contributed by atoms with van der Waals surface area (Å²) in [6.45, 7) is 0.734. The molecule has 3 rings (SSSR count). The third-order valence-electron chi connectivity index (χ3n) is 3.60. The number of hydrogen-bond acceptors (Lipinski definition) is 4. The number of nitrogens with two attached hydrogens (primary N) is 1. The zero-order valence-corrected chi connectivity index (χ0v) is 13.4. The Morgan fingerprint density at radius 1 is 1.43 bits per heavy atom. The smallest absolute Gasteiger partial charge is 0.178 e. The molecular weight excluding hydrogens is 304 g/mol. The van der Waals surface area contributed by atoms with E-state index in [4.69, 9.17) is 17.3 Å². The van der Waals surface area contributed by atoms with Crippen LogP contribution in [0.5, 0.6) is 0 Å². The van der Waals surface area contributed by atoms with Crippen LogP contribution in [0.15, 0.2) is 30.3 Å². The molecule has 0 atom stereocenters. The molecule has 21 heavy (non-hydrogen) atoms. The topological polar surface area (TPSA) is 46.3 Å². The lowest BCUT2D eigenvalue weighted by Gasteiger charge is -2.17. The van der Waals surface area contributed by atoms with E-state index in [2.05, 4.69) is 4.90 Å². The lowest BCUT2D eigenvalue weighted by atomic mass is 10.2. The number of Topliss-reactive ketones (excluding diaryl/α,β-unsaturated/α-hetero) is 1. The van der Waals surface area contributed by atoms with E-state index in [1.165, 1.54) is 11.3 Å². The predicted molar refractivity (Wildman–Crippen MR) is 89.3 cm³/mol.